The molecule has 0 aromatic rings. The summed E-state index contributed by atoms with van der Waals surface area (Å²) in [6.45, 7) is 19.4. The average molecular weight is 305 g/mol. The van der Waals surface area contributed by atoms with E-state index < -0.39 is 0 Å². The van der Waals surface area contributed by atoms with Crippen LogP contribution >= 0.6 is 0 Å². The van der Waals surface area contributed by atoms with Crippen LogP contribution in [0.25, 0.3) is 0 Å². The van der Waals surface area contributed by atoms with Gasteiger partial charge in [-0.25, -0.2) is 0 Å². The van der Waals surface area contributed by atoms with Crippen LogP contribution in [0.1, 0.15) is 87.5 Å². The van der Waals surface area contributed by atoms with E-state index in [0.29, 0.717) is 10.8 Å². The lowest BCUT2D eigenvalue weighted by atomic mass is 9.40. The quantitative estimate of drug-likeness (QED) is 0.440. The van der Waals surface area contributed by atoms with Gasteiger partial charge >= 0.3 is 0 Å². The van der Waals surface area contributed by atoms with Crippen molar-refractivity contribution in [1.82, 2.24) is 0 Å². The minimum atomic E-state index is 0.517. The molecule has 0 radical (unpaired) electrons. The molecule has 2 aliphatic rings. The summed E-state index contributed by atoms with van der Waals surface area (Å²) in [5.74, 6) is 4.50. The molecule has 128 valence electrons. The molecule has 0 nitrogen and oxygen atoms in total. The molecule has 6 unspecified atom stereocenters. The van der Waals surface area contributed by atoms with Gasteiger partial charge in [0.1, 0.15) is 0 Å². The van der Waals surface area contributed by atoms with Crippen molar-refractivity contribution < 1.29 is 0 Å². The third-order valence-corrected chi connectivity index (χ3v) is 8.14. The molecule has 2 saturated carbocycles. The molecule has 0 aliphatic heterocycles. The van der Waals surface area contributed by atoms with Gasteiger partial charge in [0.2, 0.25) is 0 Å². The molecule has 22 heavy (non-hydrogen) atoms. The second-order valence-electron chi connectivity index (χ2n) is 9.02. The minimum Gasteiger partial charge on any atom is -0.0881 e. The van der Waals surface area contributed by atoms with Crippen molar-refractivity contribution in [2.24, 2.45) is 40.4 Å². The number of hydrogen-bond acceptors (Lipinski definition) is 0. The lowest BCUT2D eigenvalue weighted by Gasteiger charge is -2.64. The SMILES string of the molecule is CC=C(C)C1(CCCC(C)CC)C(C)C(C)C12CC2C(C)C. The van der Waals surface area contributed by atoms with E-state index in [9.17, 15) is 0 Å². The highest BCUT2D eigenvalue weighted by atomic mass is 14.8. The van der Waals surface area contributed by atoms with Gasteiger partial charge in [-0.2, -0.15) is 0 Å². The van der Waals surface area contributed by atoms with E-state index in [-0.39, 0.29) is 0 Å². The van der Waals surface area contributed by atoms with Crippen molar-refractivity contribution in [2.75, 3.05) is 0 Å². The van der Waals surface area contributed by atoms with Crippen LogP contribution in [0, 0.1) is 40.4 Å². The summed E-state index contributed by atoms with van der Waals surface area (Å²) >= 11 is 0. The Bertz CT molecular complexity index is 418. The second-order valence-corrected chi connectivity index (χ2v) is 9.02. The summed E-state index contributed by atoms with van der Waals surface area (Å²) < 4.78 is 0. The average Bonchev–Trinajstić information content (AvgIpc) is 3.28. The fraction of sp³-hybridized carbons (Fsp3) is 0.909. The monoisotopic (exact) mass is 304 g/mol. The number of hydrogen-bond donors (Lipinski definition) is 0. The highest BCUT2D eigenvalue weighted by Crippen LogP contribution is 2.84. The van der Waals surface area contributed by atoms with Gasteiger partial charge in [-0.3, -0.25) is 0 Å². The van der Waals surface area contributed by atoms with E-state index in [2.05, 4.69) is 61.5 Å². The van der Waals surface area contributed by atoms with Crippen LogP contribution in [0.4, 0.5) is 0 Å². The molecule has 2 fully saturated rings. The highest BCUT2D eigenvalue weighted by molar-refractivity contribution is 5.35. The summed E-state index contributed by atoms with van der Waals surface area (Å²) in [6.07, 6.45) is 9.53. The molecule has 0 saturated heterocycles. The molecule has 6 atom stereocenters. The first-order valence-corrected chi connectivity index (χ1v) is 9.92. The van der Waals surface area contributed by atoms with E-state index in [1.165, 1.54) is 32.1 Å². The van der Waals surface area contributed by atoms with Crippen LogP contribution in [0.2, 0.25) is 0 Å². The Balaban J connectivity index is 2.22. The predicted octanol–water partition coefficient (Wildman–Crippen LogP) is 7.10. The second kappa shape index (κ2) is 6.33. The summed E-state index contributed by atoms with van der Waals surface area (Å²) in [6, 6.07) is 0. The first-order chi connectivity index (χ1) is 10.3. The zero-order valence-electron chi connectivity index (χ0n) is 16.5. The molecule has 0 amide bonds. The Morgan fingerprint density at radius 1 is 1.18 bits per heavy atom. The fourth-order valence-electron chi connectivity index (χ4n) is 6.35. The van der Waals surface area contributed by atoms with Gasteiger partial charge in [-0.05, 0) is 67.1 Å². The van der Waals surface area contributed by atoms with Gasteiger partial charge in [0.05, 0.1) is 0 Å². The molecule has 1 spiro atoms. The first kappa shape index (κ1) is 18.1. The Hall–Kier alpha value is -0.260. The number of rotatable bonds is 7. The number of allylic oxidation sites excluding steroid dienone is 2. The molecule has 0 aromatic carbocycles. The smallest absolute Gasteiger partial charge is 0.0000750 e. The van der Waals surface area contributed by atoms with Crippen LogP contribution in [0.5, 0.6) is 0 Å². The van der Waals surface area contributed by atoms with Crippen molar-refractivity contribution in [3.05, 3.63) is 11.6 Å². The van der Waals surface area contributed by atoms with E-state index in [1.807, 2.05) is 0 Å². The molecule has 2 aliphatic carbocycles. The molecule has 2 rings (SSSR count). The van der Waals surface area contributed by atoms with Crippen LogP contribution in [-0.2, 0) is 0 Å². The van der Waals surface area contributed by atoms with E-state index >= 15 is 0 Å². The zero-order valence-corrected chi connectivity index (χ0v) is 16.5. The summed E-state index contributed by atoms with van der Waals surface area (Å²) in [4.78, 5) is 0. The van der Waals surface area contributed by atoms with Gasteiger partial charge in [0, 0.05) is 0 Å². The third-order valence-electron chi connectivity index (χ3n) is 8.14. The maximum absolute atomic E-state index is 2.54. The van der Waals surface area contributed by atoms with Crippen LogP contribution in [0.3, 0.4) is 0 Å². The molecule has 0 heterocycles. The Kier molecular flexibility index (Phi) is 5.20. The van der Waals surface area contributed by atoms with Crippen LogP contribution in [-0.4, -0.2) is 0 Å². The highest BCUT2D eigenvalue weighted by Gasteiger charge is 2.78. The van der Waals surface area contributed by atoms with Gasteiger partial charge in [-0.1, -0.05) is 72.5 Å². The van der Waals surface area contributed by atoms with E-state index in [0.717, 1.165) is 29.6 Å². The van der Waals surface area contributed by atoms with Crippen molar-refractivity contribution >= 4 is 0 Å². The Morgan fingerprint density at radius 3 is 2.27 bits per heavy atom. The predicted molar refractivity (Wildman–Crippen MR) is 98.9 cm³/mol. The molecule has 0 aromatic heterocycles. The van der Waals surface area contributed by atoms with Crippen molar-refractivity contribution in [1.29, 1.82) is 0 Å². The molecule has 0 bridgehead atoms. The lowest BCUT2D eigenvalue weighted by molar-refractivity contribution is -0.121. The molecule has 0 heteroatoms. The molecular weight excluding hydrogens is 264 g/mol. The standard InChI is InChI=1S/C22H40/c1-9-16(5)12-11-13-21(17(6)10-2)18(7)19(8)22(21)14-20(22)15(3)4/h10,15-16,18-20H,9,11-14H2,1-8H3. The van der Waals surface area contributed by atoms with Gasteiger partial charge < -0.3 is 0 Å². The minimum absolute atomic E-state index is 0.517. The third kappa shape index (κ3) is 2.31. The zero-order chi connectivity index (χ0) is 16.7. The van der Waals surface area contributed by atoms with E-state index in [4.69, 9.17) is 0 Å². The maximum atomic E-state index is 2.54. The summed E-state index contributed by atoms with van der Waals surface area (Å²) in [5, 5.41) is 0. The Morgan fingerprint density at radius 2 is 1.82 bits per heavy atom. The van der Waals surface area contributed by atoms with Crippen molar-refractivity contribution in [3.8, 4) is 0 Å². The first-order valence-electron chi connectivity index (χ1n) is 9.92. The van der Waals surface area contributed by atoms with Crippen molar-refractivity contribution in [2.45, 2.75) is 87.5 Å². The normalized spacial score (nSPS) is 42.6. The maximum Gasteiger partial charge on any atom is -0.0000750 e. The van der Waals surface area contributed by atoms with Gasteiger partial charge in [-0.15, -0.1) is 0 Å². The summed E-state index contributed by atoms with van der Waals surface area (Å²) in [7, 11) is 0. The largest absolute Gasteiger partial charge is 0.0881 e. The van der Waals surface area contributed by atoms with Crippen LogP contribution < -0.4 is 0 Å². The van der Waals surface area contributed by atoms with Crippen molar-refractivity contribution in [3.63, 3.8) is 0 Å². The van der Waals surface area contributed by atoms with Crippen LogP contribution in [0.15, 0.2) is 11.6 Å². The Labute approximate surface area is 140 Å². The topological polar surface area (TPSA) is 0 Å². The fourth-order valence-corrected chi connectivity index (χ4v) is 6.35. The van der Waals surface area contributed by atoms with Gasteiger partial charge in [0.25, 0.3) is 0 Å². The summed E-state index contributed by atoms with van der Waals surface area (Å²) in [5.41, 5.74) is 2.86. The van der Waals surface area contributed by atoms with Gasteiger partial charge in [0.15, 0.2) is 0 Å². The lowest BCUT2D eigenvalue weighted by Crippen LogP contribution is -2.58. The molecule has 0 N–H and O–H groups in total. The molecular formula is C22H40. The van der Waals surface area contributed by atoms with E-state index in [1.54, 1.807) is 5.57 Å².